The summed E-state index contributed by atoms with van der Waals surface area (Å²) < 4.78 is 0. The highest BCUT2D eigenvalue weighted by atomic mass is 16.2. The molecule has 2 rings (SSSR count). The lowest BCUT2D eigenvalue weighted by Crippen LogP contribution is -2.46. The molecule has 0 saturated carbocycles. The predicted octanol–water partition coefficient (Wildman–Crippen LogP) is 2.22. The minimum absolute atomic E-state index is 0.0411. The lowest BCUT2D eigenvalue weighted by atomic mass is 10.3. The van der Waals surface area contributed by atoms with Crippen LogP contribution in [0.4, 0.5) is 9.59 Å². The average molecular weight is 284 g/mol. The third kappa shape index (κ3) is 2.21. The number of carbonyl (C=O) groups excluding carboxylic acids is 2. The Labute approximate surface area is 122 Å². The zero-order valence-corrected chi connectivity index (χ0v) is 13.6. The Morgan fingerprint density at radius 3 is 1.00 bits per heavy atom. The van der Waals surface area contributed by atoms with Gasteiger partial charge < -0.3 is 19.6 Å². The summed E-state index contributed by atoms with van der Waals surface area (Å²) in [7, 11) is 0. The van der Waals surface area contributed by atoms with Gasteiger partial charge in [-0.1, -0.05) is 13.8 Å². The molecule has 0 spiro atoms. The van der Waals surface area contributed by atoms with E-state index in [1.807, 2.05) is 41.5 Å². The predicted molar refractivity (Wildman–Crippen MR) is 79.2 cm³/mol. The summed E-state index contributed by atoms with van der Waals surface area (Å²) in [6, 6.07) is 0.0822. The first-order valence-electron chi connectivity index (χ1n) is 7.76. The van der Waals surface area contributed by atoms with E-state index in [0.717, 1.165) is 0 Å². The van der Waals surface area contributed by atoms with Crippen LogP contribution >= 0.6 is 0 Å². The van der Waals surface area contributed by atoms with Gasteiger partial charge in [-0.15, -0.1) is 0 Å². The van der Waals surface area contributed by atoms with E-state index in [-0.39, 0.29) is 24.4 Å². The van der Waals surface area contributed by atoms with Crippen molar-refractivity contribution in [2.75, 3.05) is 26.2 Å². The van der Waals surface area contributed by atoms with Gasteiger partial charge in [0.2, 0.25) is 0 Å². The Morgan fingerprint density at radius 2 is 0.850 bits per heavy atom. The van der Waals surface area contributed by atoms with Crippen molar-refractivity contribution < 1.29 is 9.59 Å². The number of rotatable bonds is 4. The number of carbonyl (C=O) groups is 2. The molecule has 0 unspecified atom stereocenters. The van der Waals surface area contributed by atoms with Crippen LogP contribution in [0.5, 0.6) is 0 Å². The zero-order valence-electron chi connectivity index (χ0n) is 13.6. The van der Waals surface area contributed by atoms with Crippen molar-refractivity contribution in [2.45, 2.75) is 53.9 Å². The fourth-order valence-corrected chi connectivity index (χ4v) is 3.05. The van der Waals surface area contributed by atoms with E-state index in [2.05, 4.69) is 0 Å². The van der Waals surface area contributed by atoms with Crippen molar-refractivity contribution in [3.63, 3.8) is 0 Å². The van der Waals surface area contributed by atoms with Gasteiger partial charge in [-0.25, -0.2) is 9.59 Å². The number of hydrogen-bond donors (Lipinski definition) is 0. The van der Waals surface area contributed by atoms with Gasteiger partial charge in [-0.3, -0.25) is 0 Å². The largest absolute Gasteiger partial charge is 0.323 e. The van der Waals surface area contributed by atoms with Gasteiger partial charge >= 0.3 is 12.1 Å². The third-order valence-electron chi connectivity index (χ3n) is 3.89. The second-order valence-electron chi connectivity index (χ2n) is 4.54. The zero-order chi connectivity index (χ0) is 15.4. The van der Waals surface area contributed by atoms with Gasteiger partial charge in [-0.2, -0.15) is 0 Å². The molecule has 0 N–H and O–H groups in total. The summed E-state index contributed by atoms with van der Waals surface area (Å²) in [5.41, 5.74) is 0. The Morgan fingerprint density at radius 1 is 0.650 bits per heavy atom. The molecule has 0 radical (unpaired) electrons. The summed E-state index contributed by atoms with van der Waals surface area (Å²) in [5.74, 6) is 0. The second kappa shape index (κ2) is 6.81. The number of likely N-dealkylation sites (N-methyl/N-ethyl adjacent to an activating group) is 4. The number of nitrogens with zero attached hydrogens (tertiary/aromatic N) is 4. The molecule has 116 valence electrons. The Hall–Kier alpha value is -1.46. The molecule has 2 heterocycles. The molecule has 4 amide bonds. The normalized spacial score (nSPS) is 25.1. The highest BCUT2D eigenvalue weighted by Gasteiger charge is 2.57. The van der Waals surface area contributed by atoms with Crippen molar-refractivity contribution in [3.05, 3.63) is 0 Å². The van der Waals surface area contributed by atoms with E-state index in [4.69, 9.17) is 0 Å². The first kappa shape index (κ1) is 16.6. The van der Waals surface area contributed by atoms with E-state index < -0.39 is 0 Å². The van der Waals surface area contributed by atoms with Crippen molar-refractivity contribution in [1.82, 2.24) is 19.6 Å². The Kier molecular flexibility index (Phi) is 5.65. The molecule has 2 saturated heterocycles. The highest BCUT2D eigenvalue weighted by molar-refractivity contribution is 5.85. The van der Waals surface area contributed by atoms with E-state index in [9.17, 15) is 9.59 Å². The fourth-order valence-electron chi connectivity index (χ4n) is 3.05. The topological polar surface area (TPSA) is 47.1 Å². The molecular weight excluding hydrogens is 256 g/mol. The molecule has 0 aromatic carbocycles. The number of hydrogen-bond acceptors (Lipinski definition) is 2. The van der Waals surface area contributed by atoms with Crippen molar-refractivity contribution in [1.29, 1.82) is 0 Å². The molecule has 6 heteroatoms. The van der Waals surface area contributed by atoms with E-state index in [1.165, 1.54) is 0 Å². The van der Waals surface area contributed by atoms with Crippen LogP contribution < -0.4 is 0 Å². The minimum atomic E-state index is -0.125. The first-order chi connectivity index (χ1) is 9.62. The van der Waals surface area contributed by atoms with Crippen LogP contribution in [0, 0.1) is 0 Å². The lowest BCUT2D eigenvalue weighted by Gasteiger charge is -2.27. The molecule has 0 atom stereocenters. The van der Waals surface area contributed by atoms with Crippen LogP contribution in [0.3, 0.4) is 0 Å². The molecule has 0 aliphatic carbocycles. The molecule has 6 nitrogen and oxygen atoms in total. The summed E-state index contributed by atoms with van der Waals surface area (Å²) >= 11 is 0. The maximum atomic E-state index is 12.3. The van der Waals surface area contributed by atoms with Crippen molar-refractivity contribution in [3.8, 4) is 0 Å². The molecule has 0 aromatic heterocycles. The summed E-state index contributed by atoms with van der Waals surface area (Å²) in [4.78, 5) is 31.8. The molecular formula is C14H28N4O2. The molecule has 2 aliphatic heterocycles. The van der Waals surface area contributed by atoms with E-state index >= 15 is 0 Å². The molecule has 2 aliphatic rings. The standard InChI is InChI=1S/C12H22N4O2.C2H6/c1-5-13-9-10(15(7-3)11(13)17)16(8-4)12(18)14(9)6-2;1-2/h9-10H,5-8H2,1-4H3;1-2H3. The smallest absolute Gasteiger partial charge is 0.300 e. The van der Waals surface area contributed by atoms with Gasteiger partial charge in [0.25, 0.3) is 0 Å². The first-order valence-corrected chi connectivity index (χ1v) is 7.76. The Balaban J connectivity index is 0.000000956. The molecule has 0 aromatic rings. The van der Waals surface area contributed by atoms with Gasteiger partial charge in [0.15, 0.2) is 0 Å². The minimum Gasteiger partial charge on any atom is -0.300 e. The van der Waals surface area contributed by atoms with Crippen LogP contribution in [0.15, 0.2) is 0 Å². The summed E-state index contributed by atoms with van der Waals surface area (Å²) in [5, 5.41) is 0. The van der Waals surface area contributed by atoms with Crippen LogP contribution in [0.2, 0.25) is 0 Å². The van der Waals surface area contributed by atoms with Gasteiger partial charge in [0, 0.05) is 26.2 Å². The van der Waals surface area contributed by atoms with Crippen LogP contribution in [-0.4, -0.2) is 70.2 Å². The summed E-state index contributed by atoms with van der Waals surface area (Å²) in [6.07, 6.45) is -0.250. The second-order valence-corrected chi connectivity index (χ2v) is 4.54. The van der Waals surface area contributed by atoms with Crippen LogP contribution in [0.1, 0.15) is 41.5 Å². The van der Waals surface area contributed by atoms with Gasteiger partial charge in [0.05, 0.1) is 0 Å². The van der Waals surface area contributed by atoms with Crippen molar-refractivity contribution in [2.24, 2.45) is 0 Å². The van der Waals surface area contributed by atoms with Crippen molar-refractivity contribution >= 4 is 12.1 Å². The maximum Gasteiger partial charge on any atom is 0.323 e. The molecule has 20 heavy (non-hydrogen) atoms. The SMILES string of the molecule is CC.CCN1C(=O)N(CC)C2C1N(CC)C(=O)N2CC. The highest BCUT2D eigenvalue weighted by Crippen LogP contribution is 2.34. The van der Waals surface area contributed by atoms with Gasteiger partial charge in [-0.05, 0) is 27.7 Å². The quantitative estimate of drug-likeness (QED) is 0.794. The van der Waals surface area contributed by atoms with Crippen LogP contribution in [0.25, 0.3) is 0 Å². The monoisotopic (exact) mass is 284 g/mol. The van der Waals surface area contributed by atoms with E-state index in [1.54, 1.807) is 19.6 Å². The molecule has 2 fully saturated rings. The van der Waals surface area contributed by atoms with Gasteiger partial charge in [0.1, 0.15) is 12.3 Å². The Bertz CT molecular complexity index is 299. The number of amides is 4. The number of fused-ring (bicyclic) bond motifs is 1. The average Bonchev–Trinajstić information content (AvgIpc) is 2.90. The summed E-state index contributed by atoms with van der Waals surface area (Å²) in [6.45, 7) is 14.4. The fraction of sp³-hybridized carbons (Fsp3) is 0.857. The van der Waals surface area contributed by atoms with Crippen LogP contribution in [-0.2, 0) is 0 Å². The lowest BCUT2D eigenvalue weighted by molar-refractivity contribution is 0.134. The number of urea groups is 2. The molecule has 0 bridgehead atoms. The maximum absolute atomic E-state index is 12.3. The van der Waals surface area contributed by atoms with E-state index in [0.29, 0.717) is 26.2 Å². The third-order valence-corrected chi connectivity index (χ3v) is 3.89.